The maximum absolute atomic E-state index is 12.0. The summed E-state index contributed by atoms with van der Waals surface area (Å²) in [6.07, 6.45) is 0.556. The van der Waals surface area contributed by atoms with E-state index in [0.717, 1.165) is 11.3 Å². The van der Waals surface area contributed by atoms with Gasteiger partial charge in [0.05, 0.1) is 0 Å². The lowest BCUT2D eigenvalue weighted by Gasteiger charge is -2.41. The van der Waals surface area contributed by atoms with Crippen LogP contribution in [-0.4, -0.2) is 39.9 Å². The highest BCUT2D eigenvalue weighted by atomic mass is 16.6. The molecule has 0 aromatic heterocycles. The number of amides is 1. The first-order valence-electron chi connectivity index (χ1n) is 5.70. The number of carboxylic acid groups (broad SMARTS) is 1. The normalized spacial score (nSPS) is 25.5. The summed E-state index contributed by atoms with van der Waals surface area (Å²) in [5.41, 5.74) is 3.71. The molecule has 0 radical (unpaired) electrons. The zero-order valence-corrected chi connectivity index (χ0v) is 10.5. The second-order valence-corrected chi connectivity index (χ2v) is 5.32. The Balaban J connectivity index is 2.89. The van der Waals surface area contributed by atoms with Gasteiger partial charge < -0.3 is 9.84 Å². The van der Waals surface area contributed by atoms with Crippen LogP contribution in [0, 0.1) is 0 Å². The molecule has 1 saturated heterocycles. The number of nitrogens with zero attached hydrogens (tertiary/aromatic N) is 1. The molecule has 1 amide bonds. The maximum Gasteiger partial charge on any atom is 0.409 e. The van der Waals surface area contributed by atoms with Crippen LogP contribution >= 0.6 is 0 Å². The molecule has 1 rings (SSSR count). The largest absolute Gasteiger partial charge is 0.465 e. The minimum atomic E-state index is -1.54. The fourth-order valence-electron chi connectivity index (χ4n) is 1.84. The number of hydrogen-bond acceptors (Lipinski definition) is 4. The molecule has 17 heavy (non-hydrogen) atoms. The zero-order valence-electron chi connectivity index (χ0n) is 10.5. The summed E-state index contributed by atoms with van der Waals surface area (Å²) in [7, 11) is 0. The number of esters is 1. The van der Waals surface area contributed by atoms with Gasteiger partial charge in [0.1, 0.15) is 5.60 Å². The van der Waals surface area contributed by atoms with Crippen LogP contribution in [0.2, 0.25) is 0 Å². The number of likely N-dealkylation sites (tertiary alicyclic amines) is 1. The average Bonchev–Trinajstić information content (AvgIpc) is 2.15. The van der Waals surface area contributed by atoms with Crippen LogP contribution in [-0.2, 0) is 9.53 Å². The summed E-state index contributed by atoms with van der Waals surface area (Å²) in [4.78, 5) is 24.1. The summed E-state index contributed by atoms with van der Waals surface area (Å²) in [6.45, 7) is 5.44. The van der Waals surface area contributed by atoms with E-state index in [1.54, 1.807) is 20.8 Å². The second-order valence-electron chi connectivity index (χ2n) is 5.32. The smallest absolute Gasteiger partial charge is 0.409 e. The summed E-state index contributed by atoms with van der Waals surface area (Å²) in [6, 6.07) is 0. The molecule has 1 fully saturated rings. The van der Waals surface area contributed by atoms with E-state index < -0.39 is 23.3 Å². The van der Waals surface area contributed by atoms with E-state index in [1.807, 2.05) is 0 Å². The van der Waals surface area contributed by atoms with Crippen molar-refractivity contribution in [3.05, 3.63) is 0 Å². The van der Waals surface area contributed by atoms with Crippen molar-refractivity contribution >= 4 is 12.1 Å². The molecule has 98 valence electrons. The van der Waals surface area contributed by atoms with Crippen molar-refractivity contribution in [3.8, 4) is 0 Å². The predicted molar refractivity (Wildman–Crippen MR) is 61.3 cm³/mol. The van der Waals surface area contributed by atoms with Crippen LogP contribution in [0.5, 0.6) is 0 Å². The SMILES string of the molecule is CC(C)(C)OC(=O)C1(N)CCCCN1C(=O)O. The zero-order chi connectivity index (χ0) is 13.3. The second kappa shape index (κ2) is 4.52. The molecule has 0 saturated carbocycles. The maximum atomic E-state index is 12.0. The Kier molecular flexibility index (Phi) is 3.66. The third-order valence-corrected chi connectivity index (χ3v) is 2.65. The molecule has 1 unspecified atom stereocenters. The van der Waals surface area contributed by atoms with Gasteiger partial charge in [0.2, 0.25) is 0 Å². The standard InChI is InChI=1S/C11H20N2O4/c1-10(2,3)17-8(14)11(12)6-4-5-7-13(11)9(15)16/h4-7,12H2,1-3H3,(H,15,16). The molecule has 0 aromatic rings. The molecule has 1 atom stereocenters. The number of carbonyl (C=O) groups excluding carboxylic acids is 1. The minimum absolute atomic E-state index is 0.269. The van der Waals surface area contributed by atoms with Crippen LogP contribution in [0.25, 0.3) is 0 Å². The average molecular weight is 244 g/mol. The Hall–Kier alpha value is -1.30. The van der Waals surface area contributed by atoms with E-state index >= 15 is 0 Å². The van der Waals surface area contributed by atoms with E-state index in [-0.39, 0.29) is 6.54 Å². The number of carbonyl (C=O) groups is 2. The van der Waals surface area contributed by atoms with Crippen LogP contribution in [0.1, 0.15) is 40.0 Å². The molecule has 0 aliphatic carbocycles. The quantitative estimate of drug-likeness (QED) is 0.675. The first kappa shape index (κ1) is 13.8. The van der Waals surface area contributed by atoms with Gasteiger partial charge in [0, 0.05) is 6.54 Å². The van der Waals surface area contributed by atoms with Crippen molar-refractivity contribution in [2.45, 2.75) is 51.3 Å². The van der Waals surface area contributed by atoms with Crippen LogP contribution in [0.4, 0.5) is 4.79 Å². The van der Waals surface area contributed by atoms with Gasteiger partial charge in [0.25, 0.3) is 0 Å². The van der Waals surface area contributed by atoms with Gasteiger partial charge in [-0.15, -0.1) is 0 Å². The molecular formula is C11H20N2O4. The molecule has 0 spiro atoms. The lowest BCUT2D eigenvalue weighted by Crippen LogP contribution is -2.66. The van der Waals surface area contributed by atoms with Crippen molar-refractivity contribution in [3.63, 3.8) is 0 Å². The highest BCUT2D eigenvalue weighted by molar-refractivity contribution is 5.85. The van der Waals surface area contributed by atoms with Gasteiger partial charge in [-0.25, -0.2) is 9.59 Å². The summed E-state index contributed by atoms with van der Waals surface area (Å²) in [5.74, 6) is -0.674. The Labute approximate surface area is 101 Å². The Bertz CT molecular complexity index is 324. The highest BCUT2D eigenvalue weighted by Gasteiger charge is 2.47. The van der Waals surface area contributed by atoms with E-state index in [1.165, 1.54) is 0 Å². The summed E-state index contributed by atoms with van der Waals surface area (Å²) in [5, 5.41) is 9.06. The van der Waals surface area contributed by atoms with Crippen molar-refractivity contribution in [1.29, 1.82) is 0 Å². The number of hydrogen-bond donors (Lipinski definition) is 2. The van der Waals surface area contributed by atoms with E-state index in [2.05, 4.69) is 0 Å². The van der Waals surface area contributed by atoms with Crippen molar-refractivity contribution in [2.24, 2.45) is 5.73 Å². The Morgan fingerprint density at radius 1 is 1.35 bits per heavy atom. The van der Waals surface area contributed by atoms with E-state index in [9.17, 15) is 9.59 Å². The van der Waals surface area contributed by atoms with Gasteiger partial charge >= 0.3 is 12.1 Å². The third kappa shape index (κ3) is 3.09. The third-order valence-electron chi connectivity index (χ3n) is 2.65. The first-order valence-corrected chi connectivity index (χ1v) is 5.70. The fraction of sp³-hybridized carbons (Fsp3) is 0.818. The summed E-state index contributed by atoms with van der Waals surface area (Å²) < 4.78 is 5.19. The Morgan fingerprint density at radius 2 is 1.94 bits per heavy atom. The number of rotatable bonds is 1. The topological polar surface area (TPSA) is 92.9 Å². The first-order chi connectivity index (χ1) is 7.67. The van der Waals surface area contributed by atoms with Gasteiger partial charge in [-0.2, -0.15) is 0 Å². The van der Waals surface area contributed by atoms with Crippen molar-refractivity contribution in [1.82, 2.24) is 4.90 Å². The molecule has 1 aliphatic heterocycles. The van der Waals surface area contributed by atoms with Crippen LogP contribution in [0.15, 0.2) is 0 Å². The fourth-order valence-corrected chi connectivity index (χ4v) is 1.84. The Morgan fingerprint density at radius 3 is 2.41 bits per heavy atom. The lowest BCUT2D eigenvalue weighted by molar-refractivity contribution is -0.170. The molecule has 6 heteroatoms. The van der Waals surface area contributed by atoms with Crippen LogP contribution in [0.3, 0.4) is 0 Å². The predicted octanol–water partition coefficient (Wildman–Crippen LogP) is 1.15. The molecule has 0 aromatic carbocycles. The van der Waals surface area contributed by atoms with Gasteiger partial charge in [0.15, 0.2) is 5.66 Å². The van der Waals surface area contributed by atoms with Crippen molar-refractivity contribution in [2.75, 3.05) is 6.54 Å². The molecule has 1 aliphatic rings. The van der Waals surface area contributed by atoms with E-state index in [0.29, 0.717) is 12.8 Å². The summed E-state index contributed by atoms with van der Waals surface area (Å²) >= 11 is 0. The van der Waals surface area contributed by atoms with E-state index in [4.69, 9.17) is 15.6 Å². The molecule has 6 nitrogen and oxygen atoms in total. The number of ether oxygens (including phenoxy) is 1. The molecule has 3 N–H and O–H groups in total. The van der Waals surface area contributed by atoms with Gasteiger partial charge in [-0.05, 0) is 40.0 Å². The van der Waals surface area contributed by atoms with Crippen LogP contribution < -0.4 is 5.73 Å². The number of piperidine rings is 1. The highest BCUT2D eigenvalue weighted by Crippen LogP contribution is 2.26. The lowest BCUT2D eigenvalue weighted by atomic mass is 9.96. The molecule has 1 heterocycles. The van der Waals surface area contributed by atoms with Crippen molar-refractivity contribution < 1.29 is 19.4 Å². The molecule has 0 bridgehead atoms. The number of nitrogens with two attached hydrogens (primary N) is 1. The van der Waals surface area contributed by atoms with Gasteiger partial charge in [-0.3, -0.25) is 10.6 Å². The monoisotopic (exact) mass is 244 g/mol. The minimum Gasteiger partial charge on any atom is -0.465 e. The van der Waals surface area contributed by atoms with Gasteiger partial charge in [-0.1, -0.05) is 0 Å². The molecular weight excluding hydrogens is 224 g/mol.